The van der Waals surface area contributed by atoms with E-state index in [0.717, 1.165) is 19.6 Å². The van der Waals surface area contributed by atoms with Crippen molar-refractivity contribution in [2.75, 3.05) is 6.54 Å². The Hall–Kier alpha value is -0.860. The molecule has 2 nitrogen and oxygen atoms in total. The molecule has 1 aromatic rings. The molecule has 18 heavy (non-hydrogen) atoms. The molecule has 100 valence electrons. The molecule has 0 radical (unpaired) electrons. The Bertz CT molecular complexity index is 350. The van der Waals surface area contributed by atoms with E-state index in [9.17, 15) is 0 Å². The summed E-state index contributed by atoms with van der Waals surface area (Å²) < 4.78 is 0. The minimum Gasteiger partial charge on any atom is -0.314 e. The average molecular weight is 246 g/mol. The lowest BCUT2D eigenvalue weighted by Gasteiger charge is -2.27. The van der Waals surface area contributed by atoms with Gasteiger partial charge in [0.25, 0.3) is 0 Å². The van der Waals surface area contributed by atoms with E-state index in [4.69, 9.17) is 0 Å². The first kappa shape index (κ1) is 13.6. The van der Waals surface area contributed by atoms with Gasteiger partial charge in [-0.2, -0.15) is 0 Å². The Morgan fingerprint density at radius 2 is 1.78 bits per heavy atom. The van der Waals surface area contributed by atoms with Crippen LogP contribution in [0.3, 0.4) is 0 Å². The summed E-state index contributed by atoms with van der Waals surface area (Å²) in [7, 11) is 0. The van der Waals surface area contributed by atoms with Gasteiger partial charge in [0.1, 0.15) is 0 Å². The van der Waals surface area contributed by atoms with Gasteiger partial charge < -0.3 is 5.32 Å². The highest BCUT2D eigenvalue weighted by molar-refractivity contribution is 5.30. The summed E-state index contributed by atoms with van der Waals surface area (Å²) >= 11 is 0. The van der Waals surface area contributed by atoms with Crippen molar-refractivity contribution >= 4 is 0 Å². The smallest absolute Gasteiger partial charge is 0.0243 e. The van der Waals surface area contributed by atoms with Gasteiger partial charge in [-0.1, -0.05) is 31.2 Å². The first-order valence-electron chi connectivity index (χ1n) is 7.25. The maximum absolute atomic E-state index is 3.58. The lowest BCUT2D eigenvalue weighted by molar-refractivity contribution is 0.191. The molecular formula is C16H26N2. The Morgan fingerprint density at radius 3 is 2.33 bits per heavy atom. The van der Waals surface area contributed by atoms with E-state index in [1.165, 1.54) is 24.0 Å². The van der Waals surface area contributed by atoms with Gasteiger partial charge >= 0.3 is 0 Å². The normalized spacial score (nSPS) is 18.6. The van der Waals surface area contributed by atoms with Crippen LogP contribution in [0, 0.1) is 0 Å². The van der Waals surface area contributed by atoms with E-state index < -0.39 is 0 Å². The second-order valence-electron chi connectivity index (χ2n) is 5.61. The second kappa shape index (κ2) is 6.35. The third-order valence-corrected chi connectivity index (χ3v) is 3.93. The molecule has 1 aromatic carbocycles. The van der Waals surface area contributed by atoms with Crippen molar-refractivity contribution in [1.82, 2.24) is 10.2 Å². The molecule has 2 unspecified atom stereocenters. The highest BCUT2D eigenvalue weighted by Crippen LogP contribution is 2.25. The van der Waals surface area contributed by atoms with Crippen LogP contribution in [0.5, 0.6) is 0 Å². The Labute approximate surface area is 111 Å². The Kier molecular flexibility index (Phi) is 4.79. The first-order chi connectivity index (χ1) is 8.70. The second-order valence-corrected chi connectivity index (χ2v) is 5.61. The highest BCUT2D eigenvalue weighted by atomic mass is 15.2. The SMILES string of the molecule is CCCNC(C)CC(C)N1Cc2ccccc2C1. The molecule has 1 aliphatic rings. The maximum atomic E-state index is 3.58. The number of nitrogens with zero attached hydrogens (tertiary/aromatic N) is 1. The molecule has 0 bridgehead atoms. The Balaban J connectivity index is 1.83. The number of nitrogens with one attached hydrogen (secondary N) is 1. The van der Waals surface area contributed by atoms with Crippen LogP contribution in [-0.4, -0.2) is 23.5 Å². The van der Waals surface area contributed by atoms with Crippen molar-refractivity contribution in [3.63, 3.8) is 0 Å². The van der Waals surface area contributed by atoms with Gasteiger partial charge in [-0.05, 0) is 44.4 Å². The lowest BCUT2D eigenvalue weighted by Crippen LogP contribution is -2.36. The molecule has 2 rings (SSSR count). The largest absolute Gasteiger partial charge is 0.314 e. The minimum absolute atomic E-state index is 0.615. The topological polar surface area (TPSA) is 15.3 Å². The van der Waals surface area contributed by atoms with Gasteiger partial charge in [0.2, 0.25) is 0 Å². The van der Waals surface area contributed by atoms with E-state index in [2.05, 4.69) is 55.3 Å². The zero-order valence-electron chi connectivity index (χ0n) is 11.9. The van der Waals surface area contributed by atoms with Gasteiger partial charge in [0.15, 0.2) is 0 Å². The van der Waals surface area contributed by atoms with E-state index in [-0.39, 0.29) is 0 Å². The first-order valence-corrected chi connectivity index (χ1v) is 7.25. The molecule has 1 N–H and O–H groups in total. The molecule has 0 amide bonds. The van der Waals surface area contributed by atoms with Crippen LogP contribution in [0.1, 0.15) is 44.7 Å². The molecule has 1 heterocycles. The molecule has 2 atom stereocenters. The molecule has 2 heteroatoms. The van der Waals surface area contributed by atoms with Gasteiger partial charge in [0, 0.05) is 25.2 Å². The zero-order valence-corrected chi connectivity index (χ0v) is 11.9. The Morgan fingerprint density at radius 1 is 1.17 bits per heavy atom. The van der Waals surface area contributed by atoms with Crippen LogP contribution in [-0.2, 0) is 13.1 Å². The van der Waals surface area contributed by atoms with Crippen LogP contribution in [0.25, 0.3) is 0 Å². The van der Waals surface area contributed by atoms with Crippen LogP contribution in [0.15, 0.2) is 24.3 Å². The van der Waals surface area contributed by atoms with E-state index in [1.54, 1.807) is 0 Å². The molecule has 0 saturated carbocycles. The molecule has 0 aliphatic carbocycles. The van der Waals surface area contributed by atoms with Crippen molar-refractivity contribution in [3.8, 4) is 0 Å². The van der Waals surface area contributed by atoms with Crippen LogP contribution in [0.2, 0.25) is 0 Å². The van der Waals surface area contributed by atoms with Crippen molar-refractivity contribution in [3.05, 3.63) is 35.4 Å². The van der Waals surface area contributed by atoms with Crippen molar-refractivity contribution in [2.24, 2.45) is 0 Å². The lowest BCUT2D eigenvalue weighted by atomic mass is 10.1. The van der Waals surface area contributed by atoms with E-state index in [1.807, 2.05) is 0 Å². The summed E-state index contributed by atoms with van der Waals surface area (Å²) in [5.41, 5.74) is 3.03. The summed E-state index contributed by atoms with van der Waals surface area (Å²) in [6.07, 6.45) is 2.45. The standard InChI is InChI=1S/C16H26N2/c1-4-9-17-13(2)10-14(3)18-11-15-7-5-6-8-16(15)12-18/h5-8,13-14,17H,4,9-12H2,1-3H3. The van der Waals surface area contributed by atoms with Crippen LogP contribution < -0.4 is 5.32 Å². The quantitative estimate of drug-likeness (QED) is 0.829. The van der Waals surface area contributed by atoms with Gasteiger partial charge in [-0.3, -0.25) is 4.90 Å². The van der Waals surface area contributed by atoms with Crippen molar-refractivity contribution in [1.29, 1.82) is 0 Å². The number of hydrogen-bond donors (Lipinski definition) is 1. The van der Waals surface area contributed by atoms with Gasteiger partial charge in [-0.25, -0.2) is 0 Å². The van der Waals surface area contributed by atoms with E-state index in [0.29, 0.717) is 12.1 Å². The third-order valence-electron chi connectivity index (χ3n) is 3.93. The predicted octanol–water partition coefficient (Wildman–Crippen LogP) is 3.17. The van der Waals surface area contributed by atoms with Crippen molar-refractivity contribution < 1.29 is 0 Å². The average Bonchev–Trinajstić information content (AvgIpc) is 2.80. The fraction of sp³-hybridized carbons (Fsp3) is 0.625. The fourth-order valence-electron chi connectivity index (χ4n) is 2.81. The molecule has 0 aromatic heterocycles. The third kappa shape index (κ3) is 3.33. The summed E-state index contributed by atoms with van der Waals surface area (Å²) in [4.78, 5) is 2.59. The molecule has 0 saturated heterocycles. The van der Waals surface area contributed by atoms with E-state index >= 15 is 0 Å². The van der Waals surface area contributed by atoms with Crippen molar-refractivity contribution in [2.45, 2.75) is 58.8 Å². The monoisotopic (exact) mass is 246 g/mol. The summed E-state index contributed by atoms with van der Waals surface area (Å²) in [6.45, 7) is 10.3. The summed E-state index contributed by atoms with van der Waals surface area (Å²) in [5.74, 6) is 0. The maximum Gasteiger partial charge on any atom is 0.0243 e. The predicted molar refractivity (Wildman–Crippen MR) is 77.5 cm³/mol. The molecular weight excluding hydrogens is 220 g/mol. The van der Waals surface area contributed by atoms with Crippen LogP contribution in [0.4, 0.5) is 0 Å². The highest BCUT2D eigenvalue weighted by Gasteiger charge is 2.23. The molecule has 0 fully saturated rings. The summed E-state index contributed by atoms with van der Waals surface area (Å²) in [5, 5.41) is 3.58. The van der Waals surface area contributed by atoms with Gasteiger partial charge in [0.05, 0.1) is 0 Å². The van der Waals surface area contributed by atoms with Crippen LogP contribution >= 0.6 is 0 Å². The summed E-state index contributed by atoms with van der Waals surface area (Å²) in [6, 6.07) is 10.1. The molecule has 1 aliphatic heterocycles. The zero-order chi connectivity index (χ0) is 13.0. The number of benzene rings is 1. The van der Waals surface area contributed by atoms with Gasteiger partial charge in [-0.15, -0.1) is 0 Å². The fourth-order valence-corrected chi connectivity index (χ4v) is 2.81. The number of hydrogen-bond acceptors (Lipinski definition) is 2. The number of fused-ring (bicyclic) bond motifs is 1. The number of rotatable bonds is 6. The minimum atomic E-state index is 0.615. The molecule has 0 spiro atoms.